The van der Waals surface area contributed by atoms with Crippen LogP contribution in [0, 0.1) is 0 Å². The van der Waals surface area contributed by atoms with Crippen LogP contribution >= 0.6 is 11.3 Å². The van der Waals surface area contributed by atoms with Gasteiger partial charge in [0, 0.05) is 41.6 Å². The number of Topliss-reactive ketones (excluding diaryl/α,β-unsaturated/α-hetero) is 1. The van der Waals surface area contributed by atoms with Gasteiger partial charge < -0.3 is 5.32 Å². The van der Waals surface area contributed by atoms with E-state index in [1.807, 2.05) is 12.1 Å². The molecule has 4 aromatic heterocycles. The minimum atomic E-state index is -0.297. The molecule has 0 unspecified atom stereocenters. The number of nitrogens with zero attached hydrogens (tertiary/aromatic N) is 5. The Morgan fingerprint density at radius 3 is 2.68 bits per heavy atom. The Labute approximate surface area is 163 Å². The molecular formula is C19H14N6O2S. The van der Waals surface area contributed by atoms with E-state index in [2.05, 4.69) is 30.5 Å². The van der Waals surface area contributed by atoms with Crippen molar-refractivity contribution in [2.45, 2.75) is 6.42 Å². The van der Waals surface area contributed by atoms with Crippen LogP contribution < -0.4 is 5.32 Å². The Morgan fingerprint density at radius 2 is 1.96 bits per heavy atom. The van der Waals surface area contributed by atoms with E-state index >= 15 is 0 Å². The summed E-state index contributed by atoms with van der Waals surface area (Å²) in [6.07, 6.45) is 4.91. The minimum Gasteiger partial charge on any atom is -0.354 e. The summed E-state index contributed by atoms with van der Waals surface area (Å²) in [4.78, 5) is 36.8. The van der Waals surface area contributed by atoms with Crippen LogP contribution in [0.5, 0.6) is 0 Å². The molecule has 1 N–H and O–H groups in total. The van der Waals surface area contributed by atoms with Crippen molar-refractivity contribution in [3.63, 3.8) is 0 Å². The van der Waals surface area contributed by atoms with Gasteiger partial charge in [0.1, 0.15) is 16.2 Å². The van der Waals surface area contributed by atoms with Crippen LogP contribution in [0.2, 0.25) is 0 Å². The van der Waals surface area contributed by atoms with Crippen molar-refractivity contribution in [3.05, 3.63) is 65.3 Å². The molecule has 8 nitrogen and oxygen atoms in total. The lowest BCUT2D eigenvalue weighted by Crippen LogP contribution is -2.19. The van der Waals surface area contributed by atoms with E-state index in [4.69, 9.17) is 0 Å². The van der Waals surface area contributed by atoms with Crippen molar-refractivity contribution in [3.8, 4) is 10.6 Å². The fourth-order valence-electron chi connectivity index (χ4n) is 2.68. The quantitative estimate of drug-likeness (QED) is 0.521. The van der Waals surface area contributed by atoms with Gasteiger partial charge in [-0.3, -0.25) is 24.5 Å². The van der Waals surface area contributed by atoms with Gasteiger partial charge in [0.05, 0.1) is 18.1 Å². The zero-order chi connectivity index (χ0) is 19.5. The second-order valence-corrected chi connectivity index (χ2v) is 6.78. The fourth-order valence-corrected chi connectivity index (χ4v) is 3.21. The molecule has 28 heavy (non-hydrogen) atoms. The first kappa shape index (κ1) is 17.8. The Balaban J connectivity index is 1.57. The maximum Gasteiger partial charge on any atom is 0.269 e. The molecule has 4 heterocycles. The topological polar surface area (TPSA) is 111 Å². The van der Waals surface area contributed by atoms with Crippen LogP contribution in [0.25, 0.3) is 21.5 Å². The average Bonchev–Trinajstić information content (AvgIpc) is 3.27. The lowest BCUT2D eigenvalue weighted by molar-refractivity contribution is 0.0953. The van der Waals surface area contributed by atoms with Gasteiger partial charge in [-0.1, -0.05) is 11.3 Å². The van der Waals surface area contributed by atoms with Crippen molar-refractivity contribution in [1.82, 2.24) is 30.5 Å². The van der Waals surface area contributed by atoms with Crippen molar-refractivity contribution in [1.29, 1.82) is 0 Å². The van der Waals surface area contributed by atoms with Gasteiger partial charge in [-0.25, -0.2) is 0 Å². The molecule has 0 radical (unpaired) electrons. The largest absolute Gasteiger partial charge is 0.354 e. The van der Waals surface area contributed by atoms with Crippen molar-refractivity contribution in [2.24, 2.45) is 0 Å². The Hall–Kier alpha value is -3.59. The van der Waals surface area contributed by atoms with Gasteiger partial charge in [-0.15, -0.1) is 10.2 Å². The third-order valence-electron chi connectivity index (χ3n) is 4.12. The van der Waals surface area contributed by atoms with Crippen LogP contribution in [0.1, 0.15) is 26.5 Å². The van der Waals surface area contributed by atoms with E-state index in [9.17, 15) is 9.59 Å². The standard InChI is InChI=1S/C19H14N6O2S/c1-20-18(27)15-3-2-11(7-22-15)17(26)6-14-5-12-4-13(19-25-24-10-28-19)8-23-16(12)9-21-14/h2-5,7-10H,6H2,1H3,(H,20,27). The summed E-state index contributed by atoms with van der Waals surface area (Å²) in [5, 5.41) is 12.0. The number of nitrogens with one attached hydrogen (secondary N) is 1. The van der Waals surface area contributed by atoms with E-state index in [1.165, 1.54) is 30.6 Å². The molecule has 4 rings (SSSR count). The van der Waals surface area contributed by atoms with Crippen LogP contribution in [-0.4, -0.2) is 43.9 Å². The molecule has 9 heteroatoms. The second-order valence-electron chi connectivity index (χ2n) is 5.95. The highest BCUT2D eigenvalue weighted by Crippen LogP contribution is 2.23. The first-order chi connectivity index (χ1) is 13.6. The van der Waals surface area contributed by atoms with Crippen LogP contribution in [0.3, 0.4) is 0 Å². The summed E-state index contributed by atoms with van der Waals surface area (Å²) in [5.41, 5.74) is 4.59. The smallest absolute Gasteiger partial charge is 0.269 e. The molecule has 0 saturated heterocycles. The Bertz CT molecular complexity index is 1160. The summed E-state index contributed by atoms with van der Waals surface area (Å²) >= 11 is 1.43. The molecule has 0 aromatic carbocycles. The molecule has 1 amide bonds. The zero-order valence-corrected chi connectivity index (χ0v) is 15.6. The predicted molar refractivity (Wildman–Crippen MR) is 104 cm³/mol. The normalized spacial score (nSPS) is 10.8. The Kier molecular flexibility index (Phi) is 4.81. The van der Waals surface area contributed by atoms with Gasteiger partial charge in [-0.05, 0) is 24.3 Å². The van der Waals surface area contributed by atoms with Gasteiger partial charge in [-0.2, -0.15) is 0 Å². The van der Waals surface area contributed by atoms with E-state index in [1.54, 1.807) is 24.0 Å². The van der Waals surface area contributed by atoms with Crippen molar-refractivity contribution < 1.29 is 9.59 Å². The van der Waals surface area contributed by atoms with Crippen molar-refractivity contribution in [2.75, 3.05) is 7.05 Å². The van der Waals surface area contributed by atoms with E-state index in [0.29, 0.717) is 11.3 Å². The Morgan fingerprint density at radius 1 is 1.07 bits per heavy atom. The number of hydrogen-bond acceptors (Lipinski definition) is 8. The maximum absolute atomic E-state index is 12.5. The molecule has 0 aliphatic rings. The number of pyridine rings is 3. The molecule has 138 valence electrons. The van der Waals surface area contributed by atoms with Gasteiger partial charge in [0.15, 0.2) is 5.78 Å². The SMILES string of the molecule is CNC(=O)c1ccc(C(=O)Cc2cc3cc(-c4nncs4)cnc3cn2)cn1. The third kappa shape index (κ3) is 3.60. The average molecular weight is 390 g/mol. The monoisotopic (exact) mass is 390 g/mol. The summed E-state index contributed by atoms with van der Waals surface area (Å²) in [5.74, 6) is -0.426. The van der Waals surface area contributed by atoms with Crippen molar-refractivity contribution >= 4 is 33.9 Å². The van der Waals surface area contributed by atoms with Crippen LogP contribution in [0.15, 0.2) is 48.4 Å². The highest BCUT2D eigenvalue weighted by molar-refractivity contribution is 7.12. The van der Waals surface area contributed by atoms with E-state index in [-0.39, 0.29) is 23.8 Å². The number of aromatic nitrogens is 5. The van der Waals surface area contributed by atoms with Gasteiger partial charge in [0.2, 0.25) is 0 Å². The highest BCUT2D eigenvalue weighted by Gasteiger charge is 2.12. The van der Waals surface area contributed by atoms with Crippen LogP contribution in [0.4, 0.5) is 0 Å². The molecule has 0 saturated carbocycles. The molecular weight excluding hydrogens is 376 g/mol. The molecule has 0 bridgehead atoms. The molecule has 0 fully saturated rings. The first-order valence-electron chi connectivity index (χ1n) is 8.36. The van der Waals surface area contributed by atoms with E-state index < -0.39 is 0 Å². The summed E-state index contributed by atoms with van der Waals surface area (Å²) in [6.45, 7) is 0. The summed E-state index contributed by atoms with van der Waals surface area (Å²) in [7, 11) is 1.53. The number of ketones is 1. The number of fused-ring (bicyclic) bond motifs is 1. The number of carbonyl (C=O) groups is 2. The van der Waals surface area contributed by atoms with Crippen LogP contribution in [-0.2, 0) is 6.42 Å². The second kappa shape index (κ2) is 7.57. The zero-order valence-electron chi connectivity index (χ0n) is 14.8. The fraction of sp³-hybridized carbons (Fsp3) is 0.105. The lowest BCUT2D eigenvalue weighted by Gasteiger charge is -2.05. The molecule has 0 spiro atoms. The number of carbonyl (C=O) groups excluding carboxylic acids is 2. The molecule has 0 aliphatic heterocycles. The number of hydrogen-bond donors (Lipinski definition) is 1. The minimum absolute atomic E-state index is 0.125. The highest BCUT2D eigenvalue weighted by atomic mass is 32.1. The van der Waals surface area contributed by atoms with E-state index in [0.717, 1.165) is 21.5 Å². The molecule has 0 atom stereocenters. The summed E-state index contributed by atoms with van der Waals surface area (Å²) in [6, 6.07) is 6.92. The first-order valence-corrected chi connectivity index (χ1v) is 9.24. The molecule has 0 aliphatic carbocycles. The van der Waals surface area contributed by atoms with Gasteiger partial charge >= 0.3 is 0 Å². The van der Waals surface area contributed by atoms with Gasteiger partial charge in [0.25, 0.3) is 5.91 Å². The maximum atomic E-state index is 12.5. The third-order valence-corrected chi connectivity index (χ3v) is 4.86. The number of rotatable bonds is 5. The lowest BCUT2D eigenvalue weighted by atomic mass is 10.1. The number of amides is 1. The molecule has 4 aromatic rings. The predicted octanol–water partition coefficient (Wildman–Crippen LogP) is 2.33. The summed E-state index contributed by atoms with van der Waals surface area (Å²) < 4.78 is 0.